The molecular weight excluding hydrogens is 238 g/mol. The van der Waals surface area contributed by atoms with Gasteiger partial charge in [0, 0.05) is 18.8 Å². The van der Waals surface area contributed by atoms with Gasteiger partial charge in [0.25, 0.3) is 0 Å². The van der Waals surface area contributed by atoms with Crippen LogP contribution in [0.1, 0.15) is 12.5 Å². The number of carbonyl (C=O) groups excluding carboxylic acids is 1. The van der Waals surface area contributed by atoms with Crippen molar-refractivity contribution >= 4 is 12.0 Å². The predicted molar refractivity (Wildman–Crippen MR) is 63.3 cm³/mol. The molecule has 0 unspecified atom stereocenters. The number of carbonyl (C=O) groups is 2. The Hall–Kier alpha value is -2.31. The van der Waals surface area contributed by atoms with Crippen molar-refractivity contribution in [2.24, 2.45) is 0 Å². The van der Waals surface area contributed by atoms with Gasteiger partial charge in [-0.1, -0.05) is 6.07 Å². The highest BCUT2D eigenvalue weighted by molar-refractivity contribution is 5.82. The van der Waals surface area contributed by atoms with Gasteiger partial charge in [-0.2, -0.15) is 0 Å². The molecular formula is C11H15N3O4. The summed E-state index contributed by atoms with van der Waals surface area (Å²) >= 11 is 0. The Balaban J connectivity index is 2.40. The van der Waals surface area contributed by atoms with Crippen molar-refractivity contribution in [3.8, 4) is 5.88 Å². The van der Waals surface area contributed by atoms with Crippen LogP contribution in [-0.4, -0.2) is 35.2 Å². The number of aromatic nitrogens is 1. The van der Waals surface area contributed by atoms with Crippen molar-refractivity contribution in [2.75, 3.05) is 7.11 Å². The molecule has 1 aromatic heterocycles. The molecule has 0 spiro atoms. The maximum atomic E-state index is 11.3. The fourth-order valence-electron chi connectivity index (χ4n) is 1.13. The number of carboxylic acid groups (broad SMARTS) is 1. The van der Waals surface area contributed by atoms with Crippen molar-refractivity contribution < 1.29 is 19.4 Å². The van der Waals surface area contributed by atoms with Gasteiger partial charge < -0.3 is 20.5 Å². The number of rotatable bonds is 5. The quantitative estimate of drug-likeness (QED) is 0.703. The molecule has 7 nitrogen and oxygen atoms in total. The number of nitrogens with one attached hydrogen (secondary N) is 2. The van der Waals surface area contributed by atoms with Crippen LogP contribution in [0.15, 0.2) is 18.3 Å². The standard InChI is InChI=1S/C11H15N3O4/c1-7(10(15)16)14-11(17)13-6-8-3-4-9(18-2)12-5-8/h3-5,7H,6H2,1-2H3,(H,15,16)(H2,13,14,17)/t7-/m1/s1. The fraction of sp³-hybridized carbons (Fsp3) is 0.364. The SMILES string of the molecule is COc1ccc(CNC(=O)N[C@H](C)C(=O)O)cn1. The first kappa shape index (κ1) is 13.8. The van der Waals surface area contributed by atoms with Crippen LogP contribution in [0.3, 0.4) is 0 Å². The van der Waals surface area contributed by atoms with E-state index in [0.29, 0.717) is 5.88 Å². The van der Waals surface area contributed by atoms with E-state index in [1.54, 1.807) is 18.3 Å². The molecule has 0 saturated carbocycles. The average molecular weight is 253 g/mol. The molecule has 1 heterocycles. The summed E-state index contributed by atoms with van der Waals surface area (Å²) in [6, 6.07) is 1.96. The maximum absolute atomic E-state index is 11.3. The van der Waals surface area contributed by atoms with Gasteiger partial charge in [-0.15, -0.1) is 0 Å². The highest BCUT2D eigenvalue weighted by atomic mass is 16.5. The molecule has 0 aliphatic rings. The average Bonchev–Trinajstić information content (AvgIpc) is 2.36. The van der Waals surface area contributed by atoms with Crippen LogP contribution in [0, 0.1) is 0 Å². The summed E-state index contributed by atoms with van der Waals surface area (Å²) in [6.45, 7) is 1.64. The van der Waals surface area contributed by atoms with Crippen molar-refractivity contribution in [3.05, 3.63) is 23.9 Å². The molecule has 0 saturated heterocycles. The Morgan fingerprint density at radius 3 is 2.72 bits per heavy atom. The molecule has 3 N–H and O–H groups in total. The van der Waals surface area contributed by atoms with Crippen LogP contribution in [-0.2, 0) is 11.3 Å². The van der Waals surface area contributed by atoms with Gasteiger partial charge >= 0.3 is 12.0 Å². The van der Waals surface area contributed by atoms with Gasteiger partial charge in [-0.3, -0.25) is 4.79 Å². The molecule has 0 aliphatic carbocycles. The first-order chi connectivity index (χ1) is 8.52. The topological polar surface area (TPSA) is 101 Å². The third-order valence-corrected chi connectivity index (χ3v) is 2.18. The van der Waals surface area contributed by atoms with Crippen molar-refractivity contribution in [1.82, 2.24) is 15.6 Å². The van der Waals surface area contributed by atoms with E-state index in [9.17, 15) is 9.59 Å². The molecule has 0 radical (unpaired) electrons. The minimum Gasteiger partial charge on any atom is -0.481 e. The van der Waals surface area contributed by atoms with Crippen LogP contribution >= 0.6 is 0 Å². The van der Waals surface area contributed by atoms with E-state index in [1.807, 2.05) is 0 Å². The lowest BCUT2D eigenvalue weighted by Crippen LogP contribution is -2.44. The number of ether oxygens (including phenoxy) is 1. The first-order valence-electron chi connectivity index (χ1n) is 5.29. The lowest BCUT2D eigenvalue weighted by molar-refractivity contribution is -0.138. The Bertz CT molecular complexity index is 419. The fourth-order valence-corrected chi connectivity index (χ4v) is 1.13. The van der Waals surface area contributed by atoms with Crippen molar-refractivity contribution in [1.29, 1.82) is 0 Å². The monoisotopic (exact) mass is 253 g/mol. The first-order valence-corrected chi connectivity index (χ1v) is 5.29. The van der Waals surface area contributed by atoms with Crippen molar-refractivity contribution in [2.45, 2.75) is 19.5 Å². The van der Waals surface area contributed by atoms with Gasteiger partial charge in [0.1, 0.15) is 6.04 Å². The number of urea groups is 1. The van der Waals surface area contributed by atoms with Gasteiger partial charge in [-0.25, -0.2) is 9.78 Å². The third kappa shape index (κ3) is 4.28. The van der Waals surface area contributed by atoms with Crippen molar-refractivity contribution in [3.63, 3.8) is 0 Å². The number of nitrogens with zero attached hydrogens (tertiary/aromatic N) is 1. The van der Waals surface area contributed by atoms with Crippen LogP contribution in [0.2, 0.25) is 0 Å². The summed E-state index contributed by atoms with van der Waals surface area (Å²) in [5, 5.41) is 13.4. The van der Waals surface area contributed by atoms with E-state index in [4.69, 9.17) is 9.84 Å². The summed E-state index contributed by atoms with van der Waals surface area (Å²) in [6.07, 6.45) is 1.57. The lowest BCUT2D eigenvalue weighted by atomic mass is 10.3. The summed E-state index contributed by atoms with van der Waals surface area (Å²) in [7, 11) is 1.51. The molecule has 7 heteroatoms. The predicted octanol–water partition coefficient (Wildman–Crippen LogP) is 0.362. The van der Waals surface area contributed by atoms with Crippen LogP contribution in [0.25, 0.3) is 0 Å². The smallest absolute Gasteiger partial charge is 0.325 e. The second kappa shape index (κ2) is 6.43. The van der Waals surface area contributed by atoms with Crippen LogP contribution < -0.4 is 15.4 Å². The number of amides is 2. The van der Waals surface area contributed by atoms with E-state index in [1.165, 1.54) is 14.0 Å². The van der Waals surface area contributed by atoms with Crippen LogP contribution in [0.5, 0.6) is 5.88 Å². The van der Waals surface area contributed by atoms with E-state index in [2.05, 4.69) is 15.6 Å². The molecule has 1 aromatic rings. The Labute approximate surface area is 104 Å². The van der Waals surface area contributed by atoms with Gasteiger partial charge in [0.2, 0.25) is 5.88 Å². The molecule has 1 rings (SSSR count). The number of carboxylic acids is 1. The van der Waals surface area contributed by atoms with E-state index in [0.717, 1.165) is 5.56 Å². The summed E-state index contributed by atoms with van der Waals surface area (Å²) < 4.78 is 4.90. The Morgan fingerprint density at radius 1 is 1.50 bits per heavy atom. The zero-order chi connectivity index (χ0) is 13.5. The lowest BCUT2D eigenvalue weighted by Gasteiger charge is -2.10. The van der Waals surface area contributed by atoms with E-state index < -0.39 is 18.0 Å². The Kier molecular flexibility index (Phi) is 4.91. The number of pyridine rings is 1. The molecule has 2 amide bonds. The second-order valence-electron chi connectivity index (χ2n) is 3.60. The van der Waals surface area contributed by atoms with Crippen LogP contribution in [0.4, 0.5) is 4.79 Å². The number of aliphatic carboxylic acids is 1. The third-order valence-electron chi connectivity index (χ3n) is 2.18. The van der Waals surface area contributed by atoms with E-state index >= 15 is 0 Å². The van der Waals surface area contributed by atoms with E-state index in [-0.39, 0.29) is 6.54 Å². The summed E-state index contributed by atoms with van der Waals surface area (Å²) in [4.78, 5) is 25.8. The molecule has 1 atom stereocenters. The Morgan fingerprint density at radius 2 is 2.22 bits per heavy atom. The molecule has 98 valence electrons. The number of hydrogen-bond acceptors (Lipinski definition) is 4. The zero-order valence-corrected chi connectivity index (χ0v) is 10.1. The number of hydrogen-bond donors (Lipinski definition) is 3. The van der Waals surface area contributed by atoms with Gasteiger partial charge in [0.05, 0.1) is 7.11 Å². The highest BCUT2D eigenvalue weighted by Crippen LogP contribution is 2.05. The number of methoxy groups -OCH3 is 1. The second-order valence-corrected chi connectivity index (χ2v) is 3.60. The minimum atomic E-state index is -1.09. The molecule has 0 bridgehead atoms. The largest absolute Gasteiger partial charge is 0.481 e. The zero-order valence-electron chi connectivity index (χ0n) is 10.1. The summed E-state index contributed by atoms with van der Waals surface area (Å²) in [5.41, 5.74) is 0.786. The van der Waals surface area contributed by atoms with Gasteiger partial charge in [0.15, 0.2) is 0 Å². The highest BCUT2D eigenvalue weighted by Gasteiger charge is 2.13. The van der Waals surface area contributed by atoms with Gasteiger partial charge in [-0.05, 0) is 12.5 Å². The molecule has 0 aromatic carbocycles. The molecule has 18 heavy (non-hydrogen) atoms. The summed E-state index contributed by atoms with van der Waals surface area (Å²) in [5.74, 6) is -0.598. The molecule has 0 fully saturated rings. The molecule has 0 aliphatic heterocycles. The normalized spacial score (nSPS) is 11.4. The minimum absolute atomic E-state index is 0.259. The maximum Gasteiger partial charge on any atom is 0.325 e.